The van der Waals surface area contributed by atoms with Crippen LogP contribution in [0.1, 0.15) is 33.1 Å². The third-order valence-corrected chi connectivity index (χ3v) is 4.09. The molecule has 1 heterocycles. The zero-order valence-corrected chi connectivity index (χ0v) is 10.7. The van der Waals surface area contributed by atoms with Gasteiger partial charge in [-0.05, 0) is 18.8 Å². The Hall–Kier alpha value is -0.620. The fourth-order valence-corrected chi connectivity index (χ4v) is 2.79. The number of piperidine rings is 1. The molecule has 5 nitrogen and oxygen atoms in total. The lowest BCUT2D eigenvalue weighted by Crippen LogP contribution is -2.47. The van der Waals surface area contributed by atoms with Gasteiger partial charge >= 0.3 is 0 Å². The molecule has 1 saturated heterocycles. The molecule has 2 N–H and O–H groups in total. The van der Waals surface area contributed by atoms with Crippen molar-refractivity contribution in [2.75, 3.05) is 13.1 Å². The Bertz CT molecular complexity index is 351. The predicted molar refractivity (Wildman–Crippen MR) is 62.2 cm³/mol. The highest BCUT2D eigenvalue weighted by Gasteiger charge is 2.30. The molecule has 0 radical (unpaired) electrons. The summed E-state index contributed by atoms with van der Waals surface area (Å²) in [6.07, 6.45) is 1.74. The van der Waals surface area contributed by atoms with E-state index in [1.165, 1.54) is 0 Å². The fraction of sp³-hybridized carbons (Fsp3) is 0.900. The van der Waals surface area contributed by atoms with E-state index in [0.717, 1.165) is 0 Å². The van der Waals surface area contributed by atoms with Crippen molar-refractivity contribution in [2.45, 2.75) is 38.4 Å². The molecule has 94 valence electrons. The number of carbonyl (C=O) groups is 1. The maximum Gasteiger partial charge on any atom is 0.222 e. The standard InChI is InChI=1S/C10H20N2O3S/c1-8(2)6-10(13)12-5-3-4-9(7-12)16(11,14)15/h8-9H,3-7H2,1-2H3,(H2,11,14,15). The minimum absolute atomic E-state index is 0.0309. The molecule has 0 spiro atoms. The minimum atomic E-state index is -3.51. The molecule has 6 heteroatoms. The number of nitrogens with zero attached hydrogens (tertiary/aromatic N) is 1. The van der Waals surface area contributed by atoms with Crippen molar-refractivity contribution in [3.8, 4) is 0 Å². The summed E-state index contributed by atoms with van der Waals surface area (Å²) in [6, 6.07) is 0. The van der Waals surface area contributed by atoms with Gasteiger partial charge in [0, 0.05) is 19.5 Å². The Morgan fingerprint density at radius 1 is 1.50 bits per heavy atom. The van der Waals surface area contributed by atoms with Crippen molar-refractivity contribution in [1.82, 2.24) is 4.90 Å². The molecule has 1 aliphatic rings. The number of rotatable bonds is 3. The lowest BCUT2D eigenvalue weighted by atomic mass is 10.1. The Labute approximate surface area is 97.0 Å². The van der Waals surface area contributed by atoms with Crippen molar-refractivity contribution in [2.24, 2.45) is 11.1 Å². The summed E-state index contributed by atoms with van der Waals surface area (Å²) in [5.74, 6) is 0.325. The van der Waals surface area contributed by atoms with Gasteiger partial charge in [0.1, 0.15) is 0 Å². The van der Waals surface area contributed by atoms with Crippen molar-refractivity contribution in [3.63, 3.8) is 0 Å². The number of primary sulfonamides is 1. The van der Waals surface area contributed by atoms with E-state index in [-0.39, 0.29) is 12.5 Å². The van der Waals surface area contributed by atoms with Crippen LogP contribution >= 0.6 is 0 Å². The number of sulfonamides is 1. The molecule has 1 aliphatic heterocycles. The Morgan fingerprint density at radius 3 is 2.62 bits per heavy atom. The molecule has 0 aromatic carbocycles. The smallest absolute Gasteiger partial charge is 0.222 e. The second kappa shape index (κ2) is 5.14. The Balaban J connectivity index is 2.60. The highest BCUT2D eigenvalue weighted by molar-refractivity contribution is 7.89. The maximum atomic E-state index is 11.8. The van der Waals surface area contributed by atoms with E-state index in [1.54, 1.807) is 4.90 Å². The number of amides is 1. The van der Waals surface area contributed by atoms with E-state index in [9.17, 15) is 13.2 Å². The minimum Gasteiger partial charge on any atom is -0.341 e. The fourth-order valence-electron chi connectivity index (χ4n) is 1.91. The van der Waals surface area contributed by atoms with E-state index in [4.69, 9.17) is 5.14 Å². The molecule has 1 amide bonds. The summed E-state index contributed by atoms with van der Waals surface area (Å²) in [6.45, 7) is 4.85. The first-order valence-electron chi connectivity index (χ1n) is 5.60. The van der Waals surface area contributed by atoms with Gasteiger partial charge in [-0.2, -0.15) is 0 Å². The van der Waals surface area contributed by atoms with E-state index < -0.39 is 15.3 Å². The molecule has 0 aromatic rings. The van der Waals surface area contributed by atoms with Crippen LogP contribution in [0.2, 0.25) is 0 Å². The van der Waals surface area contributed by atoms with Gasteiger partial charge in [-0.3, -0.25) is 4.79 Å². The maximum absolute atomic E-state index is 11.8. The number of hydrogen-bond donors (Lipinski definition) is 1. The average Bonchev–Trinajstić information content (AvgIpc) is 2.15. The highest BCUT2D eigenvalue weighted by Crippen LogP contribution is 2.17. The molecule has 0 saturated carbocycles. The molecule has 1 atom stereocenters. The summed E-state index contributed by atoms with van der Waals surface area (Å²) in [4.78, 5) is 13.4. The normalized spacial score (nSPS) is 22.5. The zero-order valence-electron chi connectivity index (χ0n) is 9.85. The van der Waals surface area contributed by atoms with Crippen LogP contribution in [0.3, 0.4) is 0 Å². The van der Waals surface area contributed by atoms with E-state index in [2.05, 4.69) is 0 Å². The van der Waals surface area contributed by atoms with Crippen LogP contribution in [-0.4, -0.2) is 37.6 Å². The second-order valence-electron chi connectivity index (χ2n) is 4.79. The first-order valence-corrected chi connectivity index (χ1v) is 7.21. The summed E-state index contributed by atoms with van der Waals surface area (Å²) in [7, 11) is -3.51. The number of nitrogens with two attached hydrogens (primary N) is 1. The SMILES string of the molecule is CC(C)CC(=O)N1CCCC(S(N)(=O)=O)C1. The quantitative estimate of drug-likeness (QED) is 0.780. The second-order valence-corrected chi connectivity index (χ2v) is 6.64. The van der Waals surface area contributed by atoms with E-state index in [1.807, 2.05) is 13.8 Å². The first kappa shape index (κ1) is 13.4. The summed E-state index contributed by atoms with van der Waals surface area (Å²) in [5.41, 5.74) is 0. The molecule has 0 aromatic heterocycles. The van der Waals surface area contributed by atoms with Gasteiger partial charge in [-0.1, -0.05) is 13.8 Å². The topological polar surface area (TPSA) is 80.5 Å². The highest BCUT2D eigenvalue weighted by atomic mass is 32.2. The van der Waals surface area contributed by atoms with Gasteiger partial charge in [0.25, 0.3) is 0 Å². The molecular weight excluding hydrogens is 228 g/mol. The summed E-state index contributed by atoms with van der Waals surface area (Å²) in [5, 5.41) is 4.52. The number of hydrogen-bond acceptors (Lipinski definition) is 3. The van der Waals surface area contributed by atoms with Crippen molar-refractivity contribution >= 4 is 15.9 Å². The third-order valence-electron chi connectivity index (χ3n) is 2.78. The van der Waals surface area contributed by atoms with Crippen LogP contribution in [0.25, 0.3) is 0 Å². The van der Waals surface area contributed by atoms with Crippen LogP contribution in [0.5, 0.6) is 0 Å². The summed E-state index contributed by atoms with van der Waals surface area (Å²) >= 11 is 0. The van der Waals surface area contributed by atoms with Crippen molar-refractivity contribution in [3.05, 3.63) is 0 Å². The lowest BCUT2D eigenvalue weighted by molar-refractivity contribution is -0.132. The Morgan fingerprint density at radius 2 is 2.12 bits per heavy atom. The lowest BCUT2D eigenvalue weighted by Gasteiger charge is -2.32. The molecule has 1 unspecified atom stereocenters. The van der Waals surface area contributed by atoms with Crippen LogP contribution in [-0.2, 0) is 14.8 Å². The molecule has 0 bridgehead atoms. The number of carbonyl (C=O) groups excluding carboxylic acids is 1. The monoisotopic (exact) mass is 248 g/mol. The van der Waals surface area contributed by atoms with Crippen LogP contribution in [0, 0.1) is 5.92 Å². The van der Waals surface area contributed by atoms with Gasteiger partial charge in [0.05, 0.1) is 5.25 Å². The van der Waals surface area contributed by atoms with Gasteiger partial charge in [-0.15, -0.1) is 0 Å². The molecule has 16 heavy (non-hydrogen) atoms. The van der Waals surface area contributed by atoms with Crippen LogP contribution in [0.15, 0.2) is 0 Å². The van der Waals surface area contributed by atoms with Gasteiger partial charge in [-0.25, -0.2) is 13.6 Å². The van der Waals surface area contributed by atoms with E-state index >= 15 is 0 Å². The number of likely N-dealkylation sites (tertiary alicyclic amines) is 1. The Kier molecular flexibility index (Phi) is 4.32. The predicted octanol–water partition coefficient (Wildman–Crippen LogP) is 0.312. The van der Waals surface area contributed by atoms with Crippen LogP contribution in [0.4, 0.5) is 0 Å². The van der Waals surface area contributed by atoms with Gasteiger partial charge in [0.15, 0.2) is 0 Å². The van der Waals surface area contributed by atoms with Crippen molar-refractivity contribution < 1.29 is 13.2 Å². The molecule has 1 fully saturated rings. The summed E-state index contributed by atoms with van der Waals surface area (Å²) < 4.78 is 22.4. The van der Waals surface area contributed by atoms with Gasteiger partial charge in [0.2, 0.25) is 15.9 Å². The first-order chi connectivity index (χ1) is 7.30. The molecular formula is C10H20N2O3S. The molecule has 0 aliphatic carbocycles. The van der Waals surface area contributed by atoms with Crippen molar-refractivity contribution in [1.29, 1.82) is 0 Å². The van der Waals surface area contributed by atoms with Gasteiger partial charge < -0.3 is 4.90 Å². The van der Waals surface area contributed by atoms with E-state index in [0.29, 0.717) is 31.7 Å². The third kappa shape index (κ3) is 3.75. The average molecular weight is 248 g/mol. The van der Waals surface area contributed by atoms with Crippen LogP contribution < -0.4 is 5.14 Å². The zero-order chi connectivity index (χ0) is 12.3. The largest absolute Gasteiger partial charge is 0.341 e. The molecule has 1 rings (SSSR count).